The Bertz CT molecular complexity index is 1090. The van der Waals surface area contributed by atoms with Crippen LogP contribution in [0.3, 0.4) is 0 Å². The highest BCUT2D eigenvalue weighted by molar-refractivity contribution is 7.89. The highest BCUT2D eigenvalue weighted by Crippen LogP contribution is 2.42. The number of rotatable bonds is 3. The van der Waals surface area contributed by atoms with Crippen LogP contribution in [0.5, 0.6) is 0 Å². The highest BCUT2D eigenvalue weighted by Gasteiger charge is 2.54. The molecule has 0 spiro atoms. The summed E-state index contributed by atoms with van der Waals surface area (Å²) in [6, 6.07) is 0.226. The molecule has 1 saturated heterocycles. The van der Waals surface area contributed by atoms with Gasteiger partial charge in [-0.15, -0.1) is 12.4 Å². The minimum absolute atomic E-state index is 0. The average Bonchev–Trinajstić information content (AvgIpc) is 3.21. The van der Waals surface area contributed by atoms with E-state index < -0.39 is 52.1 Å². The monoisotopic (exact) mass is 502 g/mol. The van der Waals surface area contributed by atoms with E-state index in [1.54, 1.807) is 0 Å². The van der Waals surface area contributed by atoms with Gasteiger partial charge in [0.15, 0.2) is 6.10 Å². The van der Waals surface area contributed by atoms with Gasteiger partial charge in [-0.25, -0.2) is 17.2 Å². The molecule has 0 radical (unpaired) electrons. The smallest absolute Gasteiger partial charge is 0.357 e. The quantitative estimate of drug-likeness (QED) is 0.649. The van der Waals surface area contributed by atoms with Gasteiger partial charge in [0.1, 0.15) is 17.7 Å². The van der Waals surface area contributed by atoms with Crippen LogP contribution in [-0.4, -0.2) is 53.1 Å². The standard InChI is InChI=1S/C18H19F5N4O3S.ClH/c1-31(28,29)27-7-9-6-26(8-14(9)25-27)15-5-13(24)16(30-17(15)18(21,22)23)11-4-10(19)2-3-12(11)20;/h2-4,7,13,15-17H,5-6,8,24H2,1H3;1H/t13-,15+,16+,17-;/m0./s1. The van der Waals surface area contributed by atoms with Gasteiger partial charge in [-0.1, -0.05) is 0 Å². The Hall–Kier alpha value is -1.80. The zero-order chi connectivity index (χ0) is 22.7. The molecule has 1 aromatic carbocycles. The number of benzene rings is 1. The zero-order valence-electron chi connectivity index (χ0n) is 16.6. The molecule has 1 fully saturated rings. The molecular formula is C18H20ClF5N4O3S. The van der Waals surface area contributed by atoms with Crippen molar-refractivity contribution in [3.8, 4) is 0 Å². The van der Waals surface area contributed by atoms with Gasteiger partial charge >= 0.3 is 6.18 Å². The Kier molecular flexibility index (Phi) is 6.61. The van der Waals surface area contributed by atoms with E-state index in [9.17, 15) is 30.4 Å². The number of alkyl halides is 3. The lowest BCUT2D eigenvalue weighted by Gasteiger charge is -2.44. The summed E-state index contributed by atoms with van der Waals surface area (Å²) in [4.78, 5) is 1.46. The maximum atomic E-state index is 14.2. The minimum Gasteiger partial charge on any atom is -0.357 e. The summed E-state index contributed by atoms with van der Waals surface area (Å²) in [5, 5.41) is 3.94. The van der Waals surface area contributed by atoms with E-state index in [4.69, 9.17) is 10.5 Å². The first kappa shape index (κ1) is 24.8. The van der Waals surface area contributed by atoms with Crippen LogP contribution in [0.2, 0.25) is 0 Å². The predicted molar refractivity (Wildman–Crippen MR) is 105 cm³/mol. The van der Waals surface area contributed by atoms with Gasteiger partial charge in [-0.2, -0.15) is 22.4 Å². The van der Waals surface area contributed by atoms with Gasteiger partial charge in [0.05, 0.1) is 11.9 Å². The van der Waals surface area contributed by atoms with Crippen LogP contribution in [-0.2, 0) is 27.8 Å². The fourth-order valence-electron chi connectivity index (χ4n) is 4.10. The average molecular weight is 503 g/mol. The summed E-state index contributed by atoms with van der Waals surface area (Å²) in [5.74, 6) is -1.72. The Morgan fingerprint density at radius 2 is 1.91 bits per heavy atom. The normalized spacial score (nSPS) is 26.6. The molecule has 1 aromatic heterocycles. The van der Waals surface area contributed by atoms with E-state index in [-0.39, 0.29) is 37.5 Å². The summed E-state index contributed by atoms with van der Waals surface area (Å²) in [6.07, 6.45) is -6.53. The lowest BCUT2D eigenvalue weighted by atomic mass is 9.89. The Morgan fingerprint density at radius 1 is 1.22 bits per heavy atom. The lowest BCUT2D eigenvalue weighted by Crippen LogP contribution is -2.58. The molecule has 2 N–H and O–H groups in total. The minimum atomic E-state index is -4.79. The van der Waals surface area contributed by atoms with Crippen molar-refractivity contribution in [3.05, 3.63) is 52.9 Å². The van der Waals surface area contributed by atoms with Crippen LogP contribution in [0.4, 0.5) is 22.0 Å². The van der Waals surface area contributed by atoms with Gasteiger partial charge in [-0.05, 0) is 24.6 Å². The summed E-state index contributed by atoms with van der Waals surface area (Å²) in [7, 11) is -3.62. The van der Waals surface area contributed by atoms with Crippen LogP contribution >= 0.6 is 12.4 Å². The number of hydrogen-bond acceptors (Lipinski definition) is 6. The second-order valence-corrected chi connectivity index (χ2v) is 9.63. The van der Waals surface area contributed by atoms with Crippen molar-refractivity contribution in [1.82, 2.24) is 14.1 Å². The van der Waals surface area contributed by atoms with Crippen molar-refractivity contribution in [3.63, 3.8) is 0 Å². The first-order valence-corrected chi connectivity index (χ1v) is 11.1. The molecule has 2 aromatic rings. The number of halogens is 6. The van der Waals surface area contributed by atoms with Crippen LogP contribution in [0.25, 0.3) is 0 Å². The Labute approximate surface area is 186 Å². The molecule has 0 amide bonds. The van der Waals surface area contributed by atoms with Crippen molar-refractivity contribution < 1.29 is 35.1 Å². The lowest BCUT2D eigenvalue weighted by molar-refractivity contribution is -0.269. The van der Waals surface area contributed by atoms with Crippen molar-refractivity contribution in [1.29, 1.82) is 0 Å². The maximum absolute atomic E-state index is 14.2. The van der Waals surface area contributed by atoms with Gasteiger partial charge in [0.25, 0.3) is 10.0 Å². The fraction of sp³-hybridized carbons (Fsp3) is 0.500. The number of hydrogen-bond donors (Lipinski definition) is 1. The third-order valence-corrected chi connectivity index (χ3v) is 6.39. The summed E-state index contributed by atoms with van der Waals surface area (Å²) < 4.78 is 98.6. The van der Waals surface area contributed by atoms with Crippen LogP contribution < -0.4 is 5.73 Å². The molecule has 0 aliphatic carbocycles. The molecule has 2 aliphatic rings. The second-order valence-electron chi connectivity index (χ2n) is 7.79. The first-order chi connectivity index (χ1) is 14.3. The molecule has 178 valence electrons. The largest absolute Gasteiger partial charge is 0.416 e. The number of fused-ring (bicyclic) bond motifs is 1. The fourth-order valence-corrected chi connectivity index (χ4v) is 4.67. The molecule has 2 aliphatic heterocycles. The van der Waals surface area contributed by atoms with Crippen LogP contribution in [0.15, 0.2) is 24.4 Å². The Morgan fingerprint density at radius 3 is 2.50 bits per heavy atom. The van der Waals surface area contributed by atoms with Crippen molar-refractivity contribution in [2.24, 2.45) is 5.73 Å². The third-order valence-electron chi connectivity index (χ3n) is 5.52. The summed E-state index contributed by atoms with van der Waals surface area (Å²) in [6.45, 7) is 0.00134. The predicted octanol–water partition coefficient (Wildman–Crippen LogP) is 2.49. The molecule has 7 nitrogen and oxygen atoms in total. The number of aromatic nitrogens is 2. The molecular weight excluding hydrogens is 483 g/mol. The van der Waals surface area contributed by atoms with Crippen molar-refractivity contribution >= 4 is 22.4 Å². The topological polar surface area (TPSA) is 90.5 Å². The van der Waals surface area contributed by atoms with Gasteiger partial charge in [0.2, 0.25) is 0 Å². The van der Waals surface area contributed by atoms with E-state index in [0.717, 1.165) is 28.5 Å². The first-order valence-electron chi connectivity index (χ1n) is 9.29. The second kappa shape index (κ2) is 8.52. The molecule has 0 bridgehead atoms. The summed E-state index contributed by atoms with van der Waals surface area (Å²) >= 11 is 0. The SMILES string of the molecule is CS(=O)(=O)n1cc2c(n1)CN([C@@H]1C[C@H](N)[C@@H](c3cc(F)ccc3F)O[C@@H]1C(F)(F)F)C2.Cl. The van der Waals surface area contributed by atoms with E-state index in [1.165, 1.54) is 11.1 Å². The van der Waals surface area contributed by atoms with E-state index >= 15 is 0 Å². The molecule has 4 atom stereocenters. The zero-order valence-corrected chi connectivity index (χ0v) is 18.2. The number of nitrogens with two attached hydrogens (primary N) is 1. The maximum Gasteiger partial charge on any atom is 0.416 e. The number of ether oxygens (including phenoxy) is 1. The van der Waals surface area contributed by atoms with Gasteiger partial charge in [-0.3, -0.25) is 4.90 Å². The molecule has 0 unspecified atom stereocenters. The molecule has 0 saturated carbocycles. The van der Waals surface area contributed by atoms with Gasteiger partial charge in [0, 0.05) is 42.5 Å². The Balaban J connectivity index is 0.00000289. The highest BCUT2D eigenvalue weighted by atomic mass is 35.5. The number of nitrogens with zero attached hydrogens (tertiary/aromatic N) is 3. The van der Waals surface area contributed by atoms with E-state index in [0.29, 0.717) is 11.3 Å². The van der Waals surface area contributed by atoms with Crippen LogP contribution in [0, 0.1) is 11.6 Å². The third kappa shape index (κ3) is 4.62. The van der Waals surface area contributed by atoms with E-state index in [1.807, 2.05) is 0 Å². The molecule has 32 heavy (non-hydrogen) atoms. The summed E-state index contributed by atoms with van der Waals surface area (Å²) in [5.41, 5.74) is 6.51. The molecule has 4 rings (SSSR count). The molecule has 3 heterocycles. The molecule has 14 heteroatoms. The van der Waals surface area contributed by atoms with Gasteiger partial charge < -0.3 is 10.5 Å². The van der Waals surface area contributed by atoms with Crippen LogP contribution in [0.1, 0.15) is 29.3 Å². The van der Waals surface area contributed by atoms with E-state index in [2.05, 4.69) is 5.10 Å². The van der Waals surface area contributed by atoms with Crippen molar-refractivity contribution in [2.45, 2.75) is 50.0 Å². The van der Waals surface area contributed by atoms with Crippen molar-refractivity contribution in [2.75, 3.05) is 6.26 Å².